The summed E-state index contributed by atoms with van der Waals surface area (Å²) in [7, 11) is 0. The number of nitrogens with zero attached hydrogens (tertiary/aromatic N) is 2. The Kier molecular flexibility index (Phi) is 4.88. The van der Waals surface area contributed by atoms with Gasteiger partial charge in [0.1, 0.15) is 5.76 Å². The third-order valence-corrected chi connectivity index (χ3v) is 4.69. The molecule has 1 aromatic heterocycles. The van der Waals surface area contributed by atoms with Gasteiger partial charge in [0.25, 0.3) is 0 Å². The van der Waals surface area contributed by atoms with Crippen LogP contribution in [0.4, 0.5) is 5.69 Å². The summed E-state index contributed by atoms with van der Waals surface area (Å²) in [4.78, 5) is 18.8. The zero-order valence-corrected chi connectivity index (χ0v) is 14.6. The van der Waals surface area contributed by atoms with Crippen LogP contribution in [-0.2, 0) is 17.8 Å². The van der Waals surface area contributed by atoms with E-state index in [-0.39, 0.29) is 5.91 Å². The van der Waals surface area contributed by atoms with Crippen molar-refractivity contribution in [1.29, 1.82) is 0 Å². The smallest absolute Gasteiger partial charge is 0.222 e. The highest BCUT2D eigenvalue weighted by atomic mass is 16.4. The van der Waals surface area contributed by atoms with Crippen LogP contribution in [0.15, 0.2) is 28.7 Å². The zero-order chi connectivity index (χ0) is 17.1. The van der Waals surface area contributed by atoms with Crippen LogP contribution < -0.4 is 10.2 Å². The van der Waals surface area contributed by atoms with E-state index in [1.807, 2.05) is 13.8 Å². The van der Waals surface area contributed by atoms with Crippen LogP contribution in [-0.4, -0.2) is 23.5 Å². The van der Waals surface area contributed by atoms with Gasteiger partial charge in [-0.1, -0.05) is 18.2 Å². The molecule has 0 saturated heterocycles. The molecule has 1 atom stereocenters. The molecule has 5 heteroatoms. The van der Waals surface area contributed by atoms with Gasteiger partial charge in [-0.2, -0.15) is 0 Å². The molecule has 0 bridgehead atoms. The fraction of sp³-hybridized carbons (Fsp3) is 0.474. The van der Waals surface area contributed by atoms with Crippen molar-refractivity contribution in [2.75, 3.05) is 11.4 Å². The summed E-state index contributed by atoms with van der Waals surface area (Å²) in [6.07, 6.45) is 2.73. The SMILES string of the molecule is Cc1nc(C)c(CNC(=O)CCN2c3ccccc3CCC2C)o1. The number of aryl methyl sites for hydroxylation is 3. The third-order valence-electron chi connectivity index (χ3n) is 4.69. The minimum Gasteiger partial charge on any atom is -0.444 e. The van der Waals surface area contributed by atoms with Gasteiger partial charge in [0.05, 0.1) is 12.2 Å². The zero-order valence-electron chi connectivity index (χ0n) is 14.6. The lowest BCUT2D eigenvalue weighted by Crippen LogP contribution is -2.39. The molecule has 24 heavy (non-hydrogen) atoms. The summed E-state index contributed by atoms with van der Waals surface area (Å²) in [6, 6.07) is 8.96. The number of aromatic nitrogens is 1. The number of benzene rings is 1. The Morgan fingerprint density at radius 1 is 1.38 bits per heavy atom. The van der Waals surface area contributed by atoms with Crippen molar-refractivity contribution in [3.05, 3.63) is 47.2 Å². The van der Waals surface area contributed by atoms with Crippen LogP contribution in [0.25, 0.3) is 0 Å². The van der Waals surface area contributed by atoms with Crippen LogP contribution in [0.3, 0.4) is 0 Å². The molecule has 2 heterocycles. The molecule has 5 nitrogen and oxygen atoms in total. The summed E-state index contributed by atoms with van der Waals surface area (Å²) in [6.45, 7) is 7.07. The number of nitrogens with one attached hydrogen (secondary N) is 1. The first kappa shape index (κ1) is 16.6. The van der Waals surface area contributed by atoms with Gasteiger partial charge in [-0.3, -0.25) is 4.79 Å². The molecular formula is C19H25N3O2. The Bertz CT molecular complexity index is 723. The standard InChI is InChI=1S/C19H25N3O2/c1-13-8-9-16-6-4-5-7-17(16)22(13)11-10-19(23)20-12-18-14(2)21-15(3)24-18/h4-7,13H,8-12H2,1-3H3,(H,20,23). The minimum atomic E-state index is 0.0405. The highest BCUT2D eigenvalue weighted by Gasteiger charge is 2.22. The van der Waals surface area contributed by atoms with Crippen molar-refractivity contribution >= 4 is 11.6 Å². The maximum atomic E-state index is 12.2. The molecule has 1 N–H and O–H groups in total. The summed E-state index contributed by atoms with van der Waals surface area (Å²) < 4.78 is 5.49. The third kappa shape index (κ3) is 3.61. The molecule has 1 aromatic carbocycles. The lowest BCUT2D eigenvalue weighted by molar-refractivity contribution is -0.121. The van der Waals surface area contributed by atoms with Crippen LogP contribution in [0.1, 0.15) is 42.7 Å². The number of anilines is 1. The van der Waals surface area contributed by atoms with Gasteiger partial charge >= 0.3 is 0 Å². The molecule has 0 spiro atoms. The Balaban J connectivity index is 1.55. The first-order valence-electron chi connectivity index (χ1n) is 8.58. The maximum Gasteiger partial charge on any atom is 0.222 e. The summed E-state index contributed by atoms with van der Waals surface area (Å²) >= 11 is 0. The van der Waals surface area contributed by atoms with Crippen molar-refractivity contribution < 1.29 is 9.21 Å². The van der Waals surface area contributed by atoms with E-state index in [1.165, 1.54) is 11.3 Å². The van der Waals surface area contributed by atoms with Crippen molar-refractivity contribution in [1.82, 2.24) is 10.3 Å². The molecule has 128 valence electrons. The molecule has 0 radical (unpaired) electrons. The number of oxazole rings is 1. The molecule has 1 unspecified atom stereocenters. The van der Waals surface area contributed by atoms with Gasteiger partial charge in [0.2, 0.25) is 5.91 Å². The lowest BCUT2D eigenvalue weighted by Gasteiger charge is -2.37. The summed E-state index contributed by atoms with van der Waals surface area (Å²) in [5, 5.41) is 2.93. The molecule has 0 saturated carbocycles. The Labute approximate surface area is 143 Å². The number of amides is 1. The predicted octanol–water partition coefficient (Wildman–Crippen LogP) is 3.14. The van der Waals surface area contributed by atoms with Gasteiger partial charge in [-0.15, -0.1) is 0 Å². The van der Waals surface area contributed by atoms with Crippen molar-refractivity contribution in [3.8, 4) is 0 Å². The second-order valence-electron chi connectivity index (χ2n) is 6.48. The minimum absolute atomic E-state index is 0.0405. The molecular weight excluding hydrogens is 302 g/mol. The van der Waals surface area contributed by atoms with E-state index in [2.05, 4.69) is 46.4 Å². The van der Waals surface area contributed by atoms with Crippen LogP contribution in [0.2, 0.25) is 0 Å². The van der Waals surface area contributed by atoms with E-state index in [0.717, 1.165) is 30.8 Å². The molecule has 1 amide bonds. The van der Waals surface area contributed by atoms with Gasteiger partial charge in [0, 0.05) is 31.6 Å². The number of carbonyl (C=O) groups is 1. The number of carbonyl (C=O) groups excluding carboxylic acids is 1. The van der Waals surface area contributed by atoms with Crippen LogP contribution >= 0.6 is 0 Å². The quantitative estimate of drug-likeness (QED) is 0.916. The van der Waals surface area contributed by atoms with E-state index < -0.39 is 0 Å². The van der Waals surface area contributed by atoms with Crippen LogP contribution in [0.5, 0.6) is 0 Å². The Hall–Kier alpha value is -2.30. The van der Waals surface area contributed by atoms with Gasteiger partial charge in [-0.25, -0.2) is 4.98 Å². The van der Waals surface area contributed by atoms with E-state index in [1.54, 1.807) is 0 Å². The highest BCUT2D eigenvalue weighted by molar-refractivity contribution is 5.76. The molecule has 3 rings (SSSR count). The largest absolute Gasteiger partial charge is 0.444 e. The average molecular weight is 327 g/mol. The van der Waals surface area contributed by atoms with E-state index in [9.17, 15) is 4.79 Å². The number of fused-ring (bicyclic) bond motifs is 1. The number of hydrogen-bond acceptors (Lipinski definition) is 4. The van der Waals surface area contributed by atoms with Gasteiger partial charge in [0.15, 0.2) is 5.89 Å². The maximum absolute atomic E-state index is 12.2. The summed E-state index contributed by atoms with van der Waals surface area (Å²) in [5.74, 6) is 1.41. The molecule has 2 aromatic rings. The van der Waals surface area contributed by atoms with E-state index >= 15 is 0 Å². The van der Waals surface area contributed by atoms with E-state index in [4.69, 9.17) is 4.42 Å². The molecule has 1 aliphatic rings. The monoisotopic (exact) mass is 327 g/mol. The van der Waals surface area contributed by atoms with Gasteiger partial charge in [-0.05, 0) is 38.3 Å². The normalized spacial score (nSPS) is 16.8. The van der Waals surface area contributed by atoms with Gasteiger partial charge < -0.3 is 14.6 Å². The number of hydrogen-bond donors (Lipinski definition) is 1. The fourth-order valence-corrected chi connectivity index (χ4v) is 3.33. The Morgan fingerprint density at radius 3 is 2.92 bits per heavy atom. The van der Waals surface area contributed by atoms with Crippen molar-refractivity contribution in [2.24, 2.45) is 0 Å². The number of rotatable bonds is 5. The molecule has 1 aliphatic heterocycles. The molecule has 0 fully saturated rings. The molecule has 0 aliphatic carbocycles. The van der Waals surface area contributed by atoms with E-state index in [0.29, 0.717) is 24.9 Å². The predicted molar refractivity (Wildman–Crippen MR) is 94.0 cm³/mol. The lowest BCUT2D eigenvalue weighted by atomic mass is 9.96. The average Bonchev–Trinajstić information content (AvgIpc) is 2.89. The fourth-order valence-electron chi connectivity index (χ4n) is 3.33. The van der Waals surface area contributed by atoms with Crippen molar-refractivity contribution in [3.63, 3.8) is 0 Å². The first-order valence-corrected chi connectivity index (χ1v) is 8.58. The topological polar surface area (TPSA) is 58.4 Å². The summed E-state index contributed by atoms with van der Waals surface area (Å²) in [5.41, 5.74) is 3.49. The van der Waals surface area contributed by atoms with Crippen molar-refractivity contribution in [2.45, 2.75) is 52.6 Å². The highest BCUT2D eigenvalue weighted by Crippen LogP contribution is 2.30. The first-order chi connectivity index (χ1) is 11.5. The second kappa shape index (κ2) is 7.07. The Morgan fingerprint density at radius 2 is 2.17 bits per heavy atom. The number of para-hydroxylation sites is 1. The van der Waals surface area contributed by atoms with Crippen LogP contribution in [0, 0.1) is 13.8 Å². The second-order valence-corrected chi connectivity index (χ2v) is 6.48.